The number of methoxy groups -OCH3 is 2. The molecule has 0 aliphatic carbocycles. The third-order valence-electron chi connectivity index (χ3n) is 4.07. The van der Waals surface area contributed by atoms with Gasteiger partial charge in [-0.25, -0.2) is 4.98 Å². The van der Waals surface area contributed by atoms with Crippen LogP contribution in [0.15, 0.2) is 35.4 Å². The number of hydrogen-bond donors (Lipinski definition) is 1. The summed E-state index contributed by atoms with van der Waals surface area (Å²) >= 11 is 7.40. The van der Waals surface area contributed by atoms with Crippen LogP contribution in [-0.4, -0.2) is 43.1 Å². The van der Waals surface area contributed by atoms with E-state index in [1.165, 1.54) is 19.1 Å². The van der Waals surface area contributed by atoms with Crippen molar-refractivity contribution in [1.82, 2.24) is 9.88 Å². The molecule has 0 spiro atoms. The number of nitrogens with one attached hydrogen (secondary N) is 1. The van der Waals surface area contributed by atoms with E-state index in [9.17, 15) is 4.79 Å². The first-order valence-corrected chi connectivity index (χ1v) is 9.41. The Morgan fingerprint density at radius 3 is 2.69 bits per heavy atom. The number of carbonyl (C=O) groups is 1. The average Bonchev–Trinajstić information content (AvgIpc) is 3.20. The Balaban J connectivity index is 1.79. The molecule has 0 bridgehead atoms. The number of nitrogens with zero attached hydrogens (tertiary/aromatic N) is 2. The largest absolute Gasteiger partial charge is 0.496 e. The molecule has 3 rings (SSSR count). The maximum absolute atomic E-state index is 12.7. The highest BCUT2D eigenvalue weighted by Crippen LogP contribution is 2.33. The van der Waals surface area contributed by atoms with Crippen molar-refractivity contribution in [2.75, 3.05) is 32.0 Å². The van der Waals surface area contributed by atoms with Crippen molar-refractivity contribution in [1.29, 1.82) is 0 Å². The number of carbonyl (C=O) groups excluding carboxylic acids is 1. The summed E-state index contributed by atoms with van der Waals surface area (Å²) in [6.45, 7) is 1.54. The molecule has 1 saturated heterocycles. The SMILES string of the molecule is COc1ccc(Cl)cc1SNc1cnc(OC)c(C(=O)N2CCCC2)c1. The number of halogens is 1. The Labute approximate surface area is 162 Å². The molecule has 2 heterocycles. The fourth-order valence-corrected chi connectivity index (χ4v) is 3.77. The monoisotopic (exact) mass is 393 g/mol. The fourth-order valence-electron chi connectivity index (χ4n) is 2.76. The molecular formula is C18H20ClN3O3S. The first-order valence-electron chi connectivity index (χ1n) is 8.22. The zero-order valence-corrected chi connectivity index (χ0v) is 16.2. The van der Waals surface area contributed by atoms with Crippen molar-refractivity contribution in [3.05, 3.63) is 41.0 Å². The van der Waals surface area contributed by atoms with Crippen LogP contribution in [0.1, 0.15) is 23.2 Å². The summed E-state index contributed by atoms with van der Waals surface area (Å²) in [4.78, 5) is 19.7. The van der Waals surface area contributed by atoms with E-state index in [0.29, 0.717) is 27.9 Å². The smallest absolute Gasteiger partial charge is 0.259 e. The lowest BCUT2D eigenvalue weighted by molar-refractivity contribution is 0.0788. The third-order valence-corrected chi connectivity index (χ3v) is 5.18. The van der Waals surface area contributed by atoms with Gasteiger partial charge in [-0.1, -0.05) is 11.6 Å². The number of hydrogen-bond acceptors (Lipinski definition) is 6. The maximum atomic E-state index is 12.7. The molecule has 6 nitrogen and oxygen atoms in total. The third kappa shape index (κ3) is 4.16. The van der Waals surface area contributed by atoms with Crippen molar-refractivity contribution in [2.24, 2.45) is 0 Å². The summed E-state index contributed by atoms with van der Waals surface area (Å²) in [6, 6.07) is 7.15. The van der Waals surface area contributed by atoms with Crippen LogP contribution in [0.2, 0.25) is 5.02 Å². The molecule has 1 N–H and O–H groups in total. The van der Waals surface area contributed by atoms with E-state index in [1.807, 2.05) is 11.0 Å². The van der Waals surface area contributed by atoms with Crippen molar-refractivity contribution in [3.8, 4) is 11.6 Å². The summed E-state index contributed by atoms with van der Waals surface area (Å²) < 4.78 is 13.8. The first-order chi connectivity index (χ1) is 12.6. The van der Waals surface area contributed by atoms with Gasteiger partial charge in [0.15, 0.2) is 0 Å². The molecule has 0 saturated carbocycles. The molecule has 1 aliphatic rings. The lowest BCUT2D eigenvalue weighted by Gasteiger charge is -2.17. The van der Waals surface area contributed by atoms with Crippen LogP contribution in [0, 0.1) is 0 Å². The van der Waals surface area contributed by atoms with Gasteiger partial charge in [-0.3, -0.25) is 4.79 Å². The Hall–Kier alpha value is -2.12. The highest BCUT2D eigenvalue weighted by atomic mass is 35.5. The van der Waals surface area contributed by atoms with Gasteiger partial charge in [0.1, 0.15) is 11.3 Å². The lowest BCUT2D eigenvalue weighted by atomic mass is 10.2. The number of amides is 1. The zero-order valence-electron chi connectivity index (χ0n) is 14.6. The first kappa shape index (κ1) is 18.7. The summed E-state index contributed by atoms with van der Waals surface area (Å²) in [5.74, 6) is 0.986. The second-order valence-corrected chi connectivity index (χ2v) is 7.06. The van der Waals surface area contributed by atoms with Crippen molar-refractivity contribution in [3.63, 3.8) is 0 Å². The maximum Gasteiger partial charge on any atom is 0.259 e. The molecule has 8 heteroatoms. The van der Waals surface area contributed by atoms with Gasteiger partial charge >= 0.3 is 0 Å². The summed E-state index contributed by atoms with van der Waals surface area (Å²) in [5, 5.41) is 0.618. The van der Waals surface area contributed by atoms with Gasteiger partial charge < -0.3 is 19.1 Å². The normalized spacial score (nSPS) is 13.6. The van der Waals surface area contributed by atoms with Crippen LogP contribution in [0.25, 0.3) is 0 Å². The van der Waals surface area contributed by atoms with E-state index in [0.717, 1.165) is 30.8 Å². The minimum absolute atomic E-state index is 0.0548. The van der Waals surface area contributed by atoms with Gasteiger partial charge in [0.2, 0.25) is 5.88 Å². The molecule has 1 fully saturated rings. The predicted molar refractivity (Wildman–Crippen MR) is 103 cm³/mol. The molecule has 1 amide bonds. The molecule has 1 aromatic heterocycles. The van der Waals surface area contributed by atoms with Crippen molar-refractivity contribution in [2.45, 2.75) is 17.7 Å². The minimum Gasteiger partial charge on any atom is -0.496 e. The van der Waals surface area contributed by atoms with E-state index >= 15 is 0 Å². The molecule has 0 radical (unpaired) electrons. The predicted octanol–water partition coefficient (Wildman–Crippen LogP) is 4.11. The van der Waals surface area contributed by atoms with Crippen LogP contribution < -0.4 is 14.2 Å². The van der Waals surface area contributed by atoms with Crippen LogP contribution in [0.5, 0.6) is 11.6 Å². The Morgan fingerprint density at radius 1 is 1.23 bits per heavy atom. The van der Waals surface area contributed by atoms with E-state index in [4.69, 9.17) is 21.1 Å². The van der Waals surface area contributed by atoms with Crippen molar-refractivity contribution >= 4 is 35.1 Å². The summed E-state index contributed by atoms with van der Waals surface area (Å²) in [5.41, 5.74) is 1.15. The molecular weight excluding hydrogens is 374 g/mol. The number of pyridine rings is 1. The van der Waals surface area contributed by atoms with E-state index in [2.05, 4.69) is 9.71 Å². The Kier molecular flexibility index (Phi) is 6.11. The van der Waals surface area contributed by atoms with Crippen LogP contribution >= 0.6 is 23.5 Å². The van der Waals surface area contributed by atoms with Crippen LogP contribution in [0.3, 0.4) is 0 Å². The molecule has 1 aliphatic heterocycles. The Morgan fingerprint density at radius 2 is 2.00 bits per heavy atom. The van der Waals surface area contributed by atoms with E-state index < -0.39 is 0 Å². The molecule has 0 atom stereocenters. The van der Waals surface area contributed by atoms with Gasteiger partial charge in [0.05, 0.1) is 31.0 Å². The zero-order chi connectivity index (χ0) is 18.5. The van der Waals surface area contributed by atoms with Crippen molar-refractivity contribution < 1.29 is 14.3 Å². The molecule has 2 aromatic rings. The van der Waals surface area contributed by atoms with E-state index in [-0.39, 0.29) is 5.91 Å². The molecule has 26 heavy (non-hydrogen) atoms. The lowest BCUT2D eigenvalue weighted by Crippen LogP contribution is -2.28. The number of aromatic nitrogens is 1. The van der Waals surface area contributed by atoms with Crippen LogP contribution in [0.4, 0.5) is 5.69 Å². The highest BCUT2D eigenvalue weighted by molar-refractivity contribution is 8.00. The van der Waals surface area contributed by atoms with Gasteiger partial charge in [-0.05, 0) is 49.1 Å². The number of benzene rings is 1. The quantitative estimate of drug-likeness (QED) is 0.745. The van der Waals surface area contributed by atoms with E-state index in [1.54, 1.807) is 31.5 Å². The topological polar surface area (TPSA) is 63.7 Å². The average molecular weight is 394 g/mol. The van der Waals surface area contributed by atoms with Gasteiger partial charge in [0, 0.05) is 18.1 Å². The number of likely N-dealkylation sites (tertiary alicyclic amines) is 1. The number of anilines is 1. The second-order valence-electron chi connectivity index (χ2n) is 5.78. The fraction of sp³-hybridized carbons (Fsp3) is 0.333. The van der Waals surface area contributed by atoms with Crippen LogP contribution in [-0.2, 0) is 0 Å². The van der Waals surface area contributed by atoms with Gasteiger partial charge in [-0.15, -0.1) is 0 Å². The summed E-state index contributed by atoms with van der Waals surface area (Å²) in [7, 11) is 3.12. The van der Waals surface area contributed by atoms with Gasteiger partial charge in [-0.2, -0.15) is 0 Å². The Bertz CT molecular complexity index is 797. The molecule has 138 valence electrons. The minimum atomic E-state index is -0.0548. The van der Waals surface area contributed by atoms with Gasteiger partial charge in [0.25, 0.3) is 5.91 Å². The standard InChI is InChI=1S/C18H20ClN3O3S/c1-24-15-6-5-12(19)9-16(15)26-21-13-10-14(17(25-2)20-11-13)18(23)22-7-3-4-8-22/h5-6,9-11,21H,3-4,7-8H2,1-2H3. The summed E-state index contributed by atoms with van der Waals surface area (Å²) in [6.07, 6.45) is 3.69. The highest BCUT2D eigenvalue weighted by Gasteiger charge is 2.23. The molecule has 1 aromatic carbocycles. The number of rotatable bonds is 6. The number of ether oxygens (including phenoxy) is 2. The molecule has 0 unspecified atom stereocenters. The second kappa shape index (κ2) is 8.51.